The van der Waals surface area contributed by atoms with Crippen LogP contribution in [-0.4, -0.2) is 148 Å². The minimum atomic E-state index is -0.591. The van der Waals surface area contributed by atoms with Gasteiger partial charge in [0.1, 0.15) is 90.4 Å². The molecule has 36 heteroatoms. The molecule has 0 amide bonds. The van der Waals surface area contributed by atoms with Crippen LogP contribution < -0.4 is 86.6 Å². The number of furan rings is 7. The second-order valence-electron chi connectivity index (χ2n) is 26.3. The number of benzene rings is 7. The third-order valence-electron chi connectivity index (χ3n) is 19.2. The topological polar surface area (TPSA) is 466 Å². The van der Waals surface area contributed by atoms with Crippen LogP contribution in [0, 0.1) is 13.8 Å². The molecular formula is C88H80O36. The van der Waals surface area contributed by atoms with Crippen molar-refractivity contribution in [2.24, 2.45) is 0 Å². The van der Waals surface area contributed by atoms with Crippen molar-refractivity contribution >= 4 is 128 Å². The molecule has 0 fully saturated rings. The summed E-state index contributed by atoms with van der Waals surface area (Å²) in [5, 5.41) is 44.0. The highest BCUT2D eigenvalue weighted by Crippen LogP contribution is 2.53. The Morgan fingerprint density at radius 3 is 0.839 bits per heavy atom. The number of carbonyl (C=O) groups excluding carboxylic acids is 5. The summed E-state index contributed by atoms with van der Waals surface area (Å²) >= 11 is 0. The predicted molar refractivity (Wildman–Crippen MR) is 442 cm³/mol. The molecule has 36 nitrogen and oxygen atoms in total. The monoisotopic (exact) mass is 1710 g/mol. The minimum Gasteiger partial charge on any atom is -0.504 e. The normalized spacial score (nSPS) is 11.0. The van der Waals surface area contributed by atoms with Crippen molar-refractivity contribution in [2.45, 2.75) is 48.5 Å². The fourth-order valence-corrected chi connectivity index (χ4v) is 14.3. The molecule has 0 atom stereocenters. The third kappa shape index (κ3) is 15.5. The van der Waals surface area contributed by atoms with Crippen molar-refractivity contribution in [2.75, 3.05) is 98.6 Å². The second-order valence-corrected chi connectivity index (χ2v) is 26.3. The van der Waals surface area contributed by atoms with Gasteiger partial charge in [-0.1, -0.05) is 0 Å². The first-order valence-corrected chi connectivity index (χ1v) is 36.8. The number of rotatable bonds is 26. The first kappa shape index (κ1) is 87.6. The maximum Gasteiger partial charge on any atom is 0.231 e. The molecule has 9 heterocycles. The van der Waals surface area contributed by atoms with Crippen LogP contribution in [0.3, 0.4) is 0 Å². The predicted octanol–water partition coefficient (Wildman–Crippen LogP) is 16.9. The molecule has 0 saturated carbocycles. The SMILES string of the molecule is COc1c(C(C)=O)c(O)c(OC)c2occc12.COc1c(C(C)=O)c(O)c(OCOc2c(C(C)=O)c(OC)c3ccoc3c2OC)c2occc12.COc1c(C(C)=O)c(OCO)c(OC)c2occc12.COc1c(C(C)=O)c(OCOc2c3occc3c(OC)c3c(=O)cc(C)oc23)c(OC)c2occc12.COc1c2ccoc2c(O)c2oc(C)cc(=O)c12. The summed E-state index contributed by atoms with van der Waals surface area (Å²) in [7, 11) is 15.7. The Bertz CT molecular complexity index is 6940. The van der Waals surface area contributed by atoms with Crippen molar-refractivity contribution in [1.82, 2.24) is 0 Å². The summed E-state index contributed by atoms with van der Waals surface area (Å²) in [6.07, 6.45) is 10.0. The van der Waals surface area contributed by atoms with Crippen LogP contribution >= 0.6 is 0 Å². The fourth-order valence-electron chi connectivity index (χ4n) is 14.3. The second kappa shape index (κ2) is 36.9. The van der Waals surface area contributed by atoms with Crippen molar-refractivity contribution in [1.29, 1.82) is 0 Å². The van der Waals surface area contributed by atoms with Gasteiger partial charge in [-0.2, -0.15) is 0 Å². The summed E-state index contributed by atoms with van der Waals surface area (Å²) in [5.74, 6) is 1.19. The van der Waals surface area contributed by atoms with E-state index in [1.807, 2.05) is 0 Å². The first-order chi connectivity index (χ1) is 59.6. The number of aliphatic hydroxyl groups excluding tert-OH is 1. The number of ether oxygens (including phenoxy) is 16. The number of aliphatic hydroxyl groups is 1. The molecule has 7 aromatic carbocycles. The van der Waals surface area contributed by atoms with Crippen LogP contribution in [0.5, 0.6) is 109 Å². The van der Waals surface area contributed by atoms with Crippen LogP contribution in [0.25, 0.3) is 98.7 Å². The Balaban J connectivity index is 0.000000147. The molecule has 0 aliphatic heterocycles. The largest absolute Gasteiger partial charge is 0.504 e. The van der Waals surface area contributed by atoms with Gasteiger partial charge in [0.15, 0.2) is 126 Å². The van der Waals surface area contributed by atoms with Gasteiger partial charge in [0, 0.05) is 12.1 Å². The summed E-state index contributed by atoms with van der Waals surface area (Å²) in [6, 6.07) is 14.2. The van der Waals surface area contributed by atoms with Gasteiger partial charge in [-0.05, 0) is 90.9 Å². The van der Waals surface area contributed by atoms with E-state index < -0.39 is 31.9 Å². The number of phenolic OH excluding ortho intramolecular Hbond substituents is 3. The maximum atomic E-state index is 12.8. The molecule has 9 aromatic heterocycles. The number of methoxy groups -OCH3 is 11. The number of hydrogen-bond donors (Lipinski definition) is 4. The zero-order valence-corrected chi connectivity index (χ0v) is 69.7. The molecule has 0 unspecified atom stereocenters. The van der Waals surface area contributed by atoms with E-state index in [0.29, 0.717) is 100 Å². The van der Waals surface area contributed by atoms with E-state index in [1.165, 1.54) is 169 Å². The van der Waals surface area contributed by atoms with Gasteiger partial charge in [-0.3, -0.25) is 33.6 Å². The molecule has 124 heavy (non-hydrogen) atoms. The number of aryl methyl sites for hydroxylation is 2. The number of phenols is 3. The summed E-state index contributed by atoms with van der Waals surface area (Å²) in [4.78, 5) is 85.5. The molecule has 0 aliphatic rings. The van der Waals surface area contributed by atoms with E-state index >= 15 is 0 Å². The van der Waals surface area contributed by atoms with Crippen LogP contribution in [0.2, 0.25) is 0 Å². The molecule has 0 bridgehead atoms. The molecule has 0 aliphatic carbocycles. The Hall–Kier alpha value is -15.8. The highest BCUT2D eigenvalue weighted by Gasteiger charge is 2.34. The van der Waals surface area contributed by atoms with E-state index in [9.17, 15) is 48.9 Å². The lowest BCUT2D eigenvalue weighted by molar-refractivity contribution is 0.0898. The third-order valence-corrected chi connectivity index (χ3v) is 19.2. The van der Waals surface area contributed by atoms with Crippen LogP contribution in [0.4, 0.5) is 0 Å². The van der Waals surface area contributed by atoms with E-state index in [4.69, 9.17) is 121 Å². The molecule has 648 valence electrons. The van der Waals surface area contributed by atoms with Crippen molar-refractivity contribution < 1.29 is 160 Å². The number of ketones is 5. The Kier molecular flexibility index (Phi) is 26.0. The lowest BCUT2D eigenvalue weighted by Crippen LogP contribution is -2.12. The van der Waals surface area contributed by atoms with Gasteiger partial charge in [0.05, 0.1) is 160 Å². The van der Waals surface area contributed by atoms with E-state index in [-0.39, 0.29) is 175 Å². The van der Waals surface area contributed by atoms with Crippen molar-refractivity contribution in [3.05, 3.63) is 158 Å². The van der Waals surface area contributed by atoms with Gasteiger partial charge in [0.2, 0.25) is 53.8 Å². The van der Waals surface area contributed by atoms with Crippen LogP contribution in [-0.2, 0) is 0 Å². The average Bonchev–Trinajstić information content (AvgIpc) is 1.42. The Morgan fingerprint density at radius 1 is 0.274 bits per heavy atom. The summed E-state index contributed by atoms with van der Waals surface area (Å²) in [5.41, 5.74) is 2.31. The first-order valence-electron chi connectivity index (χ1n) is 36.8. The zero-order chi connectivity index (χ0) is 89.6. The molecule has 0 saturated heterocycles. The standard InChI is InChI=1S/C26H22O10.C24H22O10.C13H14O6.C13H10O5.C12H12O5/c1-12-10-16(28)18-20(30-4)15-7-9-33-22(15)26(24(18)36-12)35-11-34-23-17(13(2)27)19(29-3)14-6-8-32-21(14)25(23)31-5;1-11(25)15-17(27)23(20-13(6-8-31-20)18(15)28-3)34-10-33-22-16(12(2)26)19(29-4)14-7-9-32-21(14)24(22)30-5;1-7(15)9-10(16-2)8-4-5-18-11(8)13(17-3)12(9)19-6-14;1-6-5-8(14)9-11(16-2)7-3-4-17-12(7)10(15)13(9)18-6;1-6(13)8-9(14)12(16-3)11-7(4-5-17-11)10(8)15-2/h6-10H,11H2,1-5H3;6-9,27H,10H2,1-5H3;4-5,14H,6H2,1-3H3;3-5,15H,1-2H3;4-5,14H,1-3H3. The van der Waals surface area contributed by atoms with Gasteiger partial charge >= 0.3 is 0 Å². The summed E-state index contributed by atoms with van der Waals surface area (Å²) < 4.78 is 136. The average molecular weight is 1710 g/mol. The molecular weight excluding hydrogens is 1630 g/mol. The van der Waals surface area contributed by atoms with Crippen molar-refractivity contribution in [3.63, 3.8) is 0 Å². The van der Waals surface area contributed by atoms with Crippen LogP contribution in [0.1, 0.15) is 97.9 Å². The Labute approximate surface area is 699 Å². The number of carbonyl (C=O) groups is 5. The molecule has 0 radical (unpaired) electrons. The highest BCUT2D eigenvalue weighted by atomic mass is 16.7. The Morgan fingerprint density at radius 2 is 0.516 bits per heavy atom. The number of Topliss-reactive ketones (excluding diaryl/α,β-unsaturated/α-hetero) is 5. The van der Waals surface area contributed by atoms with Gasteiger partial charge in [-0.15, -0.1) is 0 Å². The quantitative estimate of drug-likeness (QED) is 0.0289. The smallest absolute Gasteiger partial charge is 0.231 e. The van der Waals surface area contributed by atoms with E-state index in [1.54, 1.807) is 56.3 Å². The molecule has 16 rings (SSSR count). The molecule has 16 aromatic rings. The zero-order valence-electron chi connectivity index (χ0n) is 69.7. The van der Waals surface area contributed by atoms with Gasteiger partial charge in [0.25, 0.3) is 0 Å². The minimum absolute atomic E-state index is 0.0322. The van der Waals surface area contributed by atoms with Gasteiger partial charge in [-0.25, -0.2) is 0 Å². The van der Waals surface area contributed by atoms with E-state index in [2.05, 4.69) is 0 Å². The maximum absolute atomic E-state index is 12.8. The lowest BCUT2D eigenvalue weighted by Gasteiger charge is -2.18. The van der Waals surface area contributed by atoms with Crippen LogP contribution in [0.15, 0.2) is 148 Å². The summed E-state index contributed by atoms with van der Waals surface area (Å²) in [6.45, 7) is 8.57. The van der Waals surface area contributed by atoms with Gasteiger partial charge < -0.3 is 136 Å². The highest BCUT2D eigenvalue weighted by molar-refractivity contribution is 6.13. The molecule has 4 N–H and O–H groups in total. The number of hydrogen-bond acceptors (Lipinski definition) is 36. The van der Waals surface area contributed by atoms with Crippen molar-refractivity contribution in [3.8, 4) is 109 Å². The lowest BCUT2D eigenvalue weighted by atomic mass is 10.0. The number of fused-ring (bicyclic) bond motifs is 9. The molecule has 0 spiro atoms. The van der Waals surface area contributed by atoms with E-state index in [0.717, 1.165) is 0 Å². The number of aromatic hydroxyl groups is 3. The fraction of sp³-hybridized carbons (Fsp3) is 0.239.